The second kappa shape index (κ2) is 24.1. The first-order valence-corrected chi connectivity index (χ1v) is 34.5. The van der Waals surface area contributed by atoms with Crippen molar-refractivity contribution >= 4 is 60.9 Å². The van der Waals surface area contributed by atoms with Crippen LogP contribution in [0.1, 0.15) is 129 Å². The molecule has 18 atom stereocenters. The van der Waals surface area contributed by atoms with Crippen LogP contribution in [-0.2, 0) is 71.1 Å². The molecule has 0 aromatic heterocycles. The van der Waals surface area contributed by atoms with E-state index >= 15 is 4.79 Å². The van der Waals surface area contributed by atoms with Crippen molar-refractivity contribution in [2.24, 2.45) is 33.5 Å². The number of ether oxygens (including phenoxy) is 8. The molecule has 11 rings (SSSR count). The molecule has 2 unspecified atom stereocenters. The summed E-state index contributed by atoms with van der Waals surface area (Å²) in [6.07, 6.45) is -13.6. The molecule has 22 nitrogen and oxygen atoms in total. The van der Waals surface area contributed by atoms with Crippen molar-refractivity contribution in [1.29, 1.82) is 0 Å². The van der Waals surface area contributed by atoms with Crippen molar-refractivity contribution in [3.63, 3.8) is 0 Å². The average molecular weight is 1310 g/mol. The van der Waals surface area contributed by atoms with Gasteiger partial charge in [-0.25, -0.2) is 9.59 Å². The lowest BCUT2D eigenvalue weighted by Gasteiger charge is -2.68. The Balaban J connectivity index is 0.000000207. The monoisotopic (exact) mass is 1310 g/mol. The summed E-state index contributed by atoms with van der Waals surface area (Å²) in [5.41, 5.74) is -12.4. The van der Waals surface area contributed by atoms with E-state index < -0.39 is 173 Å². The van der Waals surface area contributed by atoms with Gasteiger partial charge in [-0.1, -0.05) is 94.4 Å². The van der Waals surface area contributed by atoms with Crippen molar-refractivity contribution < 1.29 is 106 Å². The lowest BCUT2D eigenvalue weighted by molar-refractivity contribution is -0.345. The Labute approximate surface area is 541 Å². The minimum absolute atomic E-state index is 0.110. The van der Waals surface area contributed by atoms with Gasteiger partial charge in [0.2, 0.25) is 8.32 Å². The van der Waals surface area contributed by atoms with Crippen LogP contribution in [0, 0.1) is 33.5 Å². The van der Waals surface area contributed by atoms with Gasteiger partial charge >= 0.3 is 35.8 Å². The summed E-state index contributed by atoms with van der Waals surface area (Å²) < 4.78 is 55.4. The predicted octanol–water partition coefficient (Wildman–Crippen LogP) is 5.44. The first kappa shape index (κ1) is 69.0. The number of rotatable bonds is 11. The van der Waals surface area contributed by atoms with Crippen LogP contribution in [0.25, 0.3) is 0 Å². The molecule has 0 spiro atoms. The molecule has 2 heterocycles. The van der Waals surface area contributed by atoms with E-state index in [-0.39, 0.29) is 61.2 Å². The van der Waals surface area contributed by atoms with E-state index in [1.165, 1.54) is 39.8 Å². The maximum absolute atomic E-state index is 15.7. The van der Waals surface area contributed by atoms with E-state index in [0.717, 1.165) is 12.1 Å². The lowest BCUT2D eigenvalue weighted by atomic mass is 9.44. The molecule has 2 aliphatic heterocycles. The molecule has 2 saturated heterocycles. The number of benzene rings is 3. The van der Waals surface area contributed by atoms with Crippen molar-refractivity contribution in [2.45, 2.75) is 205 Å². The van der Waals surface area contributed by atoms with Gasteiger partial charge in [0, 0.05) is 64.2 Å². The number of esters is 6. The first-order chi connectivity index (χ1) is 43.3. The Morgan fingerprint density at radius 3 is 1.25 bits per heavy atom. The topological polar surface area (TPSA) is 321 Å². The van der Waals surface area contributed by atoms with E-state index in [1.54, 1.807) is 97.0 Å². The Morgan fingerprint density at radius 2 is 0.882 bits per heavy atom. The molecule has 6 fully saturated rings. The molecule has 502 valence electrons. The SMILES string of the molecule is CC(=O)O[C@H]1C(=O)[C@@]2(C)C([C@H](OC(=O)c3ccccc3)[C@]3(O)C[C@H](O)C(C)=C1C3(C)C)[C@]1(OC(C)=O)CO[C@@H]1C[C@@H]2O.CC(=O)O[C@H]1C(=O)[C@@]2(C)C([C@H](OC(=O)c3ccccc3)[C@]3(O)C[C@H](O)C(C)=C1C3(C)C)[C@]1(OC(C)=O)CO[C@@H]1C[C@@H]2O[Si](C)(C)c1ccccc1. The fraction of sp³-hybridized carbons (Fsp3) is 0.571. The second-order valence-corrected chi connectivity index (χ2v) is 32.3. The molecule has 3 aromatic carbocycles. The van der Waals surface area contributed by atoms with Gasteiger partial charge in [0.15, 0.2) is 35.0 Å². The molecule has 4 saturated carbocycles. The Morgan fingerprint density at radius 1 is 0.516 bits per heavy atom. The van der Waals surface area contributed by atoms with Crippen molar-refractivity contribution in [1.82, 2.24) is 0 Å². The number of aliphatic hydroxyl groups is 5. The number of carbonyl (C=O) groups excluding carboxylic acids is 8. The number of ketones is 2. The van der Waals surface area contributed by atoms with Crippen LogP contribution in [0.3, 0.4) is 0 Å². The molecular formula is C70H86O22Si. The van der Waals surface area contributed by atoms with Crippen molar-refractivity contribution in [2.75, 3.05) is 13.2 Å². The molecule has 3 aromatic rings. The third-order valence-corrected chi connectivity index (χ3v) is 24.9. The summed E-state index contributed by atoms with van der Waals surface area (Å²) >= 11 is 0. The van der Waals surface area contributed by atoms with Crippen LogP contribution in [-0.4, -0.2) is 178 Å². The van der Waals surface area contributed by atoms with Gasteiger partial charge in [-0.05, 0) is 92.5 Å². The summed E-state index contributed by atoms with van der Waals surface area (Å²) in [6.45, 7) is 21.4. The minimum Gasteiger partial charge on any atom is -0.455 e. The van der Waals surface area contributed by atoms with Crippen LogP contribution in [0.4, 0.5) is 0 Å². The van der Waals surface area contributed by atoms with Gasteiger partial charge in [0.05, 0.1) is 71.4 Å². The number of Topliss-reactive ketones (excluding diaryl/α,β-unsaturated/α-hetero) is 2. The van der Waals surface area contributed by atoms with Gasteiger partial charge < -0.3 is 67.9 Å². The zero-order chi connectivity index (χ0) is 68.3. The van der Waals surface area contributed by atoms with Crippen LogP contribution >= 0.6 is 0 Å². The molecule has 6 aliphatic carbocycles. The Bertz CT molecular complexity index is 3570. The third kappa shape index (κ3) is 10.8. The summed E-state index contributed by atoms with van der Waals surface area (Å²) in [4.78, 5) is 109. The number of aliphatic hydroxyl groups excluding tert-OH is 3. The third-order valence-electron chi connectivity index (χ3n) is 22.3. The van der Waals surface area contributed by atoms with E-state index in [1.807, 2.05) is 43.4 Å². The maximum Gasteiger partial charge on any atom is 0.338 e. The van der Waals surface area contributed by atoms with E-state index in [9.17, 15) is 59.1 Å². The molecule has 0 amide bonds. The first-order valence-electron chi connectivity index (χ1n) is 31.6. The second-order valence-electron chi connectivity index (χ2n) is 28.5. The highest BCUT2D eigenvalue weighted by molar-refractivity contribution is 6.84. The van der Waals surface area contributed by atoms with Crippen molar-refractivity contribution in [3.05, 3.63) is 124 Å². The van der Waals surface area contributed by atoms with E-state index in [0.29, 0.717) is 11.1 Å². The van der Waals surface area contributed by atoms with Gasteiger partial charge in [-0.3, -0.25) is 28.8 Å². The van der Waals surface area contributed by atoms with Crippen LogP contribution in [0.15, 0.2) is 113 Å². The molecule has 23 heteroatoms. The summed E-state index contributed by atoms with van der Waals surface area (Å²) in [7, 11) is -2.84. The van der Waals surface area contributed by atoms with Crippen LogP contribution < -0.4 is 5.19 Å². The van der Waals surface area contributed by atoms with Crippen LogP contribution in [0.2, 0.25) is 13.1 Å². The minimum atomic E-state index is -2.84. The Kier molecular flexibility index (Phi) is 17.9. The quantitative estimate of drug-likeness (QED) is 0.0690. The summed E-state index contributed by atoms with van der Waals surface area (Å²) in [5.74, 6) is -8.47. The van der Waals surface area contributed by atoms with E-state index in [2.05, 4.69) is 0 Å². The van der Waals surface area contributed by atoms with Gasteiger partial charge in [-0.2, -0.15) is 0 Å². The number of hydrogen-bond acceptors (Lipinski definition) is 22. The van der Waals surface area contributed by atoms with E-state index in [4.69, 9.17) is 42.3 Å². The smallest absolute Gasteiger partial charge is 0.338 e. The highest BCUT2D eigenvalue weighted by Crippen LogP contribution is 2.67. The van der Waals surface area contributed by atoms with Crippen molar-refractivity contribution in [3.8, 4) is 0 Å². The molecule has 93 heavy (non-hydrogen) atoms. The van der Waals surface area contributed by atoms with Gasteiger partial charge in [-0.15, -0.1) is 0 Å². The molecule has 5 N–H and O–H groups in total. The number of carbonyl (C=O) groups is 8. The fourth-order valence-electron chi connectivity index (χ4n) is 17.2. The van der Waals surface area contributed by atoms with Gasteiger partial charge in [0.1, 0.15) is 35.6 Å². The Hall–Kier alpha value is -6.80. The van der Waals surface area contributed by atoms with Crippen LogP contribution in [0.5, 0.6) is 0 Å². The molecular weight excluding hydrogens is 1220 g/mol. The normalized spacial score (nSPS) is 37.8. The molecule has 8 aliphatic rings. The fourth-order valence-corrected chi connectivity index (χ4v) is 19.4. The highest BCUT2D eigenvalue weighted by atomic mass is 28.4. The number of hydrogen-bond donors (Lipinski definition) is 5. The lowest BCUT2D eigenvalue weighted by Crippen LogP contribution is -2.82. The van der Waals surface area contributed by atoms with Gasteiger partial charge in [0.25, 0.3) is 0 Å². The zero-order valence-corrected chi connectivity index (χ0v) is 56.0. The largest absolute Gasteiger partial charge is 0.455 e. The molecule has 0 radical (unpaired) electrons. The zero-order valence-electron chi connectivity index (χ0n) is 55.0. The summed E-state index contributed by atoms with van der Waals surface area (Å²) in [5, 5.41) is 61.7. The maximum atomic E-state index is 15.7. The standard InChI is InChI=1S/C39H48O11Si.C31H38O11/c1-22-27(42)20-39(45)34(48-35(44)25-15-11-9-12-16-25)32-37(6,33(43)31(47-23(2)40)30(22)36(39,4)5)28(19-29-38(32,21-46-29)49-24(3)41)50-51(7,8)26-17-13-10-14-18-26;1-15-19(34)13-31(38)26(41-27(37)18-10-8-7-9-11-18)24-29(6,20(35)12-21-30(24,14-39-21)42-17(3)33)25(36)23(40-16(2)32)22(15)28(31,4)5/h9-18,27-29,31-32,34,42,45H,19-21H2,1-8H3;7-11,19-21,23-24,26,34-35,38H,12-14H2,1-6H3/t27-,28-,29+,31+,32?,34-,37+,38-,39+;19-,20-,21+,23+,24?,26-,29+,30-,31+/m00/s1. The predicted molar refractivity (Wildman–Crippen MR) is 332 cm³/mol. The average Bonchev–Trinajstić information content (AvgIpc) is 0.676. The summed E-state index contributed by atoms with van der Waals surface area (Å²) in [6, 6.07) is 26.0. The highest BCUT2D eigenvalue weighted by Gasteiger charge is 2.81. The molecule has 4 bridgehead atoms. The number of fused-ring (bicyclic) bond motifs is 10.